The lowest BCUT2D eigenvalue weighted by Gasteiger charge is -2.29. The van der Waals surface area contributed by atoms with E-state index in [0.717, 1.165) is 25.7 Å². The molecule has 6 heteroatoms. The molecule has 1 saturated carbocycles. The fourth-order valence-corrected chi connectivity index (χ4v) is 2.38. The van der Waals surface area contributed by atoms with Gasteiger partial charge in [-0.2, -0.15) is 4.98 Å². The van der Waals surface area contributed by atoms with Crippen molar-refractivity contribution in [2.75, 3.05) is 19.5 Å². The van der Waals surface area contributed by atoms with E-state index in [9.17, 15) is 0 Å². The van der Waals surface area contributed by atoms with Gasteiger partial charge in [-0.1, -0.05) is 11.6 Å². The molecular weight excluding hydrogens is 254 g/mol. The minimum atomic E-state index is 0.318. The van der Waals surface area contributed by atoms with Gasteiger partial charge in [-0.05, 0) is 25.7 Å². The topological polar surface area (TPSA) is 56.3 Å². The fraction of sp³-hybridized carbons (Fsp3) is 0.667. The first-order valence-electron chi connectivity index (χ1n) is 6.08. The average Bonchev–Trinajstić information content (AvgIpc) is 2.41. The normalized spacial score (nSPS) is 23.7. The zero-order valence-corrected chi connectivity index (χ0v) is 11.4. The second-order valence-corrected chi connectivity index (χ2v) is 4.83. The molecule has 2 atom stereocenters. The first-order chi connectivity index (χ1) is 8.72. The predicted molar refractivity (Wildman–Crippen MR) is 70.3 cm³/mol. The van der Waals surface area contributed by atoms with Crippen molar-refractivity contribution in [1.82, 2.24) is 9.97 Å². The predicted octanol–water partition coefficient (Wildman–Crippen LogP) is 2.51. The van der Waals surface area contributed by atoms with E-state index in [1.165, 1.54) is 7.11 Å². The molecule has 0 aliphatic heterocycles. The third kappa shape index (κ3) is 3.23. The molecule has 0 bridgehead atoms. The monoisotopic (exact) mass is 271 g/mol. The summed E-state index contributed by atoms with van der Waals surface area (Å²) < 4.78 is 10.4. The molecule has 1 aromatic rings. The lowest BCUT2D eigenvalue weighted by molar-refractivity contribution is 0.0669. The highest BCUT2D eigenvalue weighted by Crippen LogP contribution is 2.26. The van der Waals surface area contributed by atoms with E-state index in [0.29, 0.717) is 29.0 Å². The molecule has 0 radical (unpaired) electrons. The zero-order valence-electron chi connectivity index (χ0n) is 10.6. The molecule has 2 rings (SSSR count). The Morgan fingerprint density at radius 1 is 1.39 bits per heavy atom. The molecule has 1 fully saturated rings. The highest BCUT2D eigenvalue weighted by molar-refractivity contribution is 6.32. The number of anilines is 1. The van der Waals surface area contributed by atoms with E-state index in [-0.39, 0.29) is 0 Å². The summed E-state index contributed by atoms with van der Waals surface area (Å²) in [5, 5.41) is 3.85. The maximum Gasteiger partial charge on any atom is 0.318 e. The lowest BCUT2D eigenvalue weighted by atomic mass is 9.93. The Morgan fingerprint density at radius 3 is 2.94 bits per heavy atom. The largest absolute Gasteiger partial charge is 0.467 e. The SMILES string of the molecule is COc1ncc(Cl)c(NC2CCCC(OC)C2)n1. The van der Waals surface area contributed by atoms with Gasteiger partial charge in [0.05, 0.1) is 19.4 Å². The van der Waals surface area contributed by atoms with Crippen molar-refractivity contribution in [1.29, 1.82) is 0 Å². The van der Waals surface area contributed by atoms with Gasteiger partial charge in [0.2, 0.25) is 0 Å². The standard InChI is InChI=1S/C12H18ClN3O2/c1-17-9-5-3-4-8(6-9)15-11-10(13)7-14-12(16-11)18-2/h7-9H,3-6H2,1-2H3,(H,14,15,16). The van der Waals surface area contributed by atoms with Crippen LogP contribution in [0, 0.1) is 0 Å². The van der Waals surface area contributed by atoms with Gasteiger partial charge >= 0.3 is 6.01 Å². The molecular formula is C12H18ClN3O2. The van der Waals surface area contributed by atoms with Crippen molar-refractivity contribution >= 4 is 17.4 Å². The van der Waals surface area contributed by atoms with Crippen LogP contribution < -0.4 is 10.1 Å². The number of nitrogens with one attached hydrogen (secondary N) is 1. The summed E-state index contributed by atoms with van der Waals surface area (Å²) >= 11 is 6.07. The Morgan fingerprint density at radius 2 is 2.22 bits per heavy atom. The molecule has 0 aromatic carbocycles. The van der Waals surface area contributed by atoms with Crippen LogP contribution in [0.1, 0.15) is 25.7 Å². The number of rotatable bonds is 4. The molecule has 0 saturated heterocycles. The minimum Gasteiger partial charge on any atom is -0.467 e. The molecule has 1 aliphatic rings. The summed E-state index contributed by atoms with van der Waals surface area (Å²) in [4.78, 5) is 8.17. The van der Waals surface area contributed by atoms with E-state index in [1.807, 2.05) is 0 Å². The van der Waals surface area contributed by atoms with Crippen molar-refractivity contribution in [3.8, 4) is 6.01 Å². The van der Waals surface area contributed by atoms with E-state index >= 15 is 0 Å². The summed E-state index contributed by atoms with van der Waals surface area (Å²) in [7, 11) is 3.29. The van der Waals surface area contributed by atoms with E-state index in [1.54, 1.807) is 13.3 Å². The van der Waals surface area contributed by atoms with Crippen LogP contribution in [0.25, 0.3) is 0 Å². The van der Waals surface area contributed by atoms with Gasteiger partial charge in [0.25, 0.3) is 0 Å². The second kappa shape index (κ2) is 6.20. The second-order valence-electron chi connectivity index (χ2n) is 4.42. The Bertz CT molecular complexity index is 403. The van der Waals surface area contributed by atoms with Crippen molar-refractivity contribution in [2.45, 2.75) is 37.8 Å². The molecule has 1 aliphatic carbocycles. The maximum atomic E-state index is 6.07. The van der Waals surface area contributed by atoms with Crippen molar-refractivity contribution < 1.29 is 9.47 Å². The zero-order chi connectivity index (χ0) is 13.0. The third-order valence-electron chi connectivity index (χ3n) is 3.20. The van der Waals surface area contributed by atoms with Gasteiger partial charge in [0.15, 0.2) is 5.82 Å². The minimum absolute atomic E-state index is 0.318. The molecule has 18 heavy (non-hydrogen) atoms. The number of nitrogens with zero attached hydrogens (tertiary/aromatic N) is 2. The summed E-state index contributed by atoms with van der Waals surface area (Å²) in [6.07, 6.45) is 6.21. The Hall–Kier alpha value is -1.07. The van der Waals surface area contributed by atoms with Crippen molar-refractivity contribution in [3.05, 3.63) is 11.2 Å². The molecule has 1 heterocycles. The quantitative estimate of drug-likeness (QED) is 0.912. The van der Waals surface area contributed by atoms with Crippen molar-refractivity contribution in [2.24, 2.45) is 0 Å². The fourth-order valence-electron chi connectivity index (χ4n) is 2.23. The molecule has 1 aromatic heterocycles. The van der Waals surface area contributed by atoms with Crippen LogP contribution >= 0.6 is 11.6 Å². The lowest BCUT2D eigenvalue weighted by Crippen LogP contribution is -2.31. The number of hydrogen-bond donors (Lipinski definition) is 1. The molecule has 2 unspecified atom stereocenters. The van der Waals surface area contributed by atoms with Crippen LogP contribution in [-0.4, -0.2) is 36.3 Å². The van der Waals surface area contributed by atoms with Crippen molar-refractivity contribution in [3.63, 3.8) is 0 Å². The van der Waals surface area contributed by atoms with Gasteiger partial charge < -0.3 is 14.8 Å². The molecule has 100 valence electrons. The number of hydrogen-bond acceptors (Lipinski definition) is 5. The Balaban J connectivity index is 2.04. The summed E-state index contributed by atoms with van der Waals surface area (Å²) in [6.45, 7) is 0. The Kier molecular flexibility index (Phi) is 4.60. The summed E-state index contributed by atoms with van der Waals surface area (Å²) in [5.41, 5.74) is 0. The van der Waals surface area contributed by atoms with E-state index < -0.39 is 0 Å². The third-order valence-corrected chi connectivity index (χ3v) is 3.48. The van der Waals surface area contributed by atoms with Gasteiger partial charge in [-0.15, -0.1) is 0 Å². The number of halogens is 1. The van der Waals surface area contributed by atoms with E-state index in [4.69, 9.17) is 21.1 Å². The van der Waals surface area contributed by atoms with Crippen LogP contribution in [0.4, 0.5) is 5.82 Å². The number of aromatic nitrogens is 2. The first kappa shape index (κ1) is 13.4. The van der Waals surface area contributed by atoms with Crippen LogP contribution in [0.2, 0.25) is 5.02 Å². The molecule has 0 spiro atoms. The molecule has 1 N–H and O–H groups in total. The summed E-state index contributed by atoms with van der Waals surface area (Å²) in [6, 6.07) is 0.654. The number of methoxy groups -OCH3 is 2. The van der Waals surface area contributed by atoms with Gasteiger partial charge in [-0.3, -0.25) is 0 Å². The molecule has 0 amide bonds. The summed E-state index contributed by atoms with van der Waals surface area (Å²) in [5.74, 6) is 0.630. The Labute approximate surface area is 112 Å². The molecule has 5 nitrogen and oxygen atoms in total. The van der Waals surface area contributed by atoms with E-state index in [2.05, 4.69) is 15.3 Å². The number of ether oxygens (including phenoxy) is 2. The van der Waals surface area contributed by atoms with Crippen LogP contribution in [0.15, 0.2) is 6.20 Å². The van der Waals surface area contributed by atoms with Gasteiger partial charge in [0.1, 0.15) is 5.02 Å². The highest BCUT2D eigenvalue weighted by atomic mass is 35.5. The van der Waals surface area contributed by atoms with Gasteiger partial charge in [-0.25, -0.2) is 4.98 Å². The maximum absolute atomic E-state index is 6.07. The van der Waals surface area contributed by atoms with Crippen LogP contribution in [0.5, 0.6) is 6.01 Å². The van der Waals surface area contributed by atoms with Gasteiger partial charge in [0, 0.05) is 13.2 Å². The van der Waals surface area contributed by atoms with Crippen LogP contribution in [0.3, 0.4) is 0 Å². The average molecular weight is 272 g/mol. The smallest absolute Gasteiger partial charge is 0.318 e. The van der Waals surface area contributed by atoms with Crippen LogP contribution in [-0.2, 0) is 4.74 Å². The highest BCUT2D eigenvalue weighted by Gasteiger charge is 2.22. The first-order valence-corrected chi connectivity index (χ1v) is 6.46.